The van der Waals surface area contributed by atoms with Crippen LogP contribution in [0.1, 0.15) is 21.6 Å². The lowest BCUT2D eigenvalue weighted by atomic mass is 10.1. The molecule has 0 unspecified atom stereocenters. The summed E-state index contributed by atoms with van der Waals surface area (Å²) in [5.74, 6) is -0.944. The second-order valence-corrected chi connectivity index (χ2v) is 5.00. The van der Waals surface area contributed by atoms with Crippen molar-refractivity contribution in [3.8, 4) is 6.07 Å². The van der Waals surface area contributed by atoms with E-state index >= 15 is 0 Å². The topological polar surface area (TPSA) is 71.8 Å². The van der Waals surface area contributed by atoms with E-state index < -0.39 is 5.91 Å². The maximum Gasteiger partial charge on any atom is 0.265 e. The van der Waals surface area contributed by atoms with Crippen molar-refractivity contribution in [2.75, 3.05) is 0 Å². The maximum absolute atomic E-state index is 13.3. The van der Waals surface area contributed by atoms with Gasteiger partial charge in [-0.05, 0) is 42.0 Å². The predicted octanol–water partition coefficient (Wildman–Crippen LogP) is 2.80. The summed E-state index contributed by atoms with van der Waals surface area (Å²) < 4.78 is 15.1. The Balaban J connectivity index is 2.14. The number of nitriles is 1. The number of amides is 1. The number of carbonyl (C=O) groups is 1. The van der Waals surface area contributed by atoms with Gasteiger partial charge in [-0.25, -0.2) is 4.39 Å². The standard InChI is InChI=1S/C17H12FN3O/c18-14-4-5-15-13(7-14)8-16(17(20)22)21(15)10-12-3-1-2-11(6-12)9-19/h1-8H,10H2,(H2,20,22). The zero-order valence-electron chi connectivity index (χ0n) is 11.6. The first kappa shape index (κ1) is 13.8. The third-order valence-electron chi connectivity index (χ3n) is 3.51. The molecule has 0 spiro atoms. The highest BCUT2D eigenvalue weighted by Crippen LogP contribution is 2.22. The van der Waals surface area contributed by atoms with Gasteiger partial charge in [0.25, 0.3) is 5.91 Å². The highest BCUT2D eigenvalue weighted by molar-refractivity contribution is 5.97. The molecule has 108 valence electrons. The van der Waals surface area contributed by atoms with Crippen molar-refractivity contribution >= 4 is 16.8 Å². The number of fused-ring (bicyclic) bond motifs is 1. The van der Waals surface area contributed by atoms with Gasteiger partial charge in [-0.15, -0.1) is 0 Å². The number of halogens is 1. The minimum Gasteiger partial charge on any atom is -0.364 e. The Hall–Kier alpha value is -3.13. The largest absolute Gasteiger partial charge is 0.364 e. The van der Waals surface area contributed by atoms with E-state index in [2.05, 4.69) is 6.07 Å². The minimum atomic E-state index is -0.576. The number of nitrogens with two attached hydrogens (primary N) is 1. The van der Waals surface area contributed by atoms with E-state index in [9.17, 15) is 9.18 Å². The summed E-state index contributed by atoms with van der Waals surface area (Å²) in [4.78, 5) is 11.6. The van der Waals surface area contributed by atoms with Crippen LogP contribution < -0.4 is 5.73 Å². The summed E-state index contributed by atoms with van der Waals surface area (Å²) in [7, 11) is 0. The molecule has 1 heterocycles. The van der Waals surface area contributed by atoms with E-state index in [1.165, 1.54) is 12.1 Å². The SMILES string of the molecule is N#Cc1cccc(Cn2c(C(N)=O)cc3cc(F)ccc32)c1. The summed E-state index contributed by atoms with van der Waals surface area (Å²) in [5, 5.41) is 9.58. The molecule has 2 aromatic carbocycles. The Morgan fingerprint density at radius 3 is 2.77 bits per heavy atom. The fourth-order valence-corrected chi connectivity index (χ4v) is 2.54. The number of carbonyl (C=O) groups excluding carboxylic acids is 1. The van der Waals surface area contributed by atoms with Crippen LogP contribution >= 0.6 is 0 Å². The fraction of sp³-hybridized carbons (Fsp3) is 0.0588. The highest BCUT2D eigenvalue weighted by Gasteiger charge is 2.14. The Kier molecular flexibility index (Phi) is 3.36. The first-order valence-corrected chi connectivity index (χ1v) is 6.66. The van der Waals surface area contributed by atoms with Gasteiger partial charge in [-0.2, -0.15) is 5.26 Å². The second kappa shape index (κ2) is 5.34. The van der Waals surface area contributed by atoms with Crippen LogP contribution in [0, 0.1) is 17.1 Å². The predicted molar refractivity (Wildman–Crippen MR) is 80.7 cm³/mol. The monoisotopic (exact) mass is 293 g/mol. The molecule has 0 bridgehead atoms. The molecule has 0 aliphatic heterocycles. The van der Waals surface area contributed by atoms with E-state index in [4.69, 9.17) is 11.0 Å². The van der Waals surface area contributed by atoms with E-state index in [-0.39, 0.29) is 5.82 Å². The van der Waals surface area contributed by atoms with Gasteiger partial charge < -0.3 is 10.3 Å². The molecule has 5 heteroatoms. The van der Waals surface area contributed by atoms with Crippen LogP contribution in [0.2, 0.25) is 0 Å². The first-order valence-electron chi connectivity index (χ1n) is 6.66. The number of benzene rings is 2. The minimum absolute atomic E-state index is 0.308. The van der Waals surface area contributed by atoms with Gasteiger partial charge in [0.05, 0.1) is 11.6 Å². The molecule has 22 heavy (non-hydrogen) atoms. The van der Waals surface area contributed by atoms with Crippen molar-refractivity contribution in [2.24, 2.45) is 5.73 Å². The number of hydrogen-bond acceptors (Lipinski definition) is 2. The van der Waals surface area contributed by atoms with Gasteiger partial charge >= 0.3 is 0 Å². The van der Waals surface area contributed by atoms with Crippen LogP contribution in [0.25, 0.3) is 10.9 Å². The van der Waals surface area contributed by atoms with E-state index in [1.54, 1.807) is 34.9 Å². The third-order valence-corrected chi connectivity index (χ3v) is 3.51. The number of nitrogens with zero attached hydrogens (tertiary/aromatic N) is 2. The maximum atomic E-state index is 13.3. The quantitative estimate of drug-likeness (QED) is 0.806. The lowest BCUT2D eigenvalue weighted by molar-refractivity contribution is 0.0992. The van der Waals surface area contributed by atoms with Crippen molar-refractivity contribution in [1.82, 2.24) is 4.57 Å². The van der Waals surface area contributed by atoms with E-state index in [0.29, 0.717) is 23.2 Å². The number of aromatic nitrogens is 1. The molecule has 2 N–H and O–H groups in total. The van der Waals surface area contributed by atoms with Crippen molar-refractivity contribution in [3.63, 3.8) is 0 Å². The molecule has 1 amide bonds. The van der Waals surface area contributed by atoms with Crippen LogP contribution in [-0.4, -0.2) is 10.5 Å². The second-order valence-electron chi connectivity index (χ2n) is 5.00. The van der Waals surface area contributed by atoms with Crippen molar-refractivity contribution in [3.05, 3.63) is 71.2 Å². The van der Waals surface area contributed by atoms with Crippen LogP contribution in [0.5, 0.6) is 0 Å². The summed E-state index contributed by atoms with van der Waals surface area (Å²) in [5.41, 5.74) is 7.86. The lowest BCUT2D eigenvalue weighted by Crippen LogP contribution is -2.17. The Bertz CT molecular complexity index is 921. The van der Waals surface area contributed by atoms with Crippen molar-refractivity contribution < 1.29 is 9.18 Å². The van der Waals surface area contributed by atoms with Gasteiger partial charge in [0.2, 0.25) is 0 Å². The highest BCUT2D eigenvalue weighted by atomic mass is 19.1. The molecule has 1 aromatic heterocycles. The molecule has 0 radical (unpaired) electrons. The van der Waals surface area contributed by atoms with Gasteiger partial charge in [0.15, 0.2) is 0 Å². The van der Waals surface area contributed by atoms with E-state index in [0.717, 1.165) is 11.1 Å². The first-order chi connectivity index (χ1) is 10.6. The molecular weight excluding hydrogens is 281 g/mol. The number of hydrogen-bond donors (Lipinski definition) is 1. The Morgan fingerprint density at radius 1 is 1.23 bits per heavy atom. The average molecular weight is 293 g/mol. The molecule has 3 rings (SSSR count). The zero-order chi connectivity index (χ0) is 15.7. The molecule has 0 atom stereocenters. The van der Waals surface area contributed by atoms with Crippen LogP contribution in [-0.2, 0) is 6.54 Å². The molecule has 0 saturated carbocycles. The summed E-state index contributed by atoms with van der Waals surface area (Å²) in [6.07, 6.45) is 0. The molecule has 3 aromatic rings. The zero-order valence-corrected chi connectivity index (χ0v) is 11.6. The smallest absolute Gasteiger partial charge is 0.265 e. The Morgan fingerprint density at radius 2 is 2.05 bits per heavy atom. The summed E-state index contributed by atoms with van der Waals surface area (Å²) >= 11 is 0. The third kappa shape index (κ3) is 2.42. The van der Waals surface area contributed by atoms with Gasteiger partial charge in [0, 0.05) is 17.4 Å². The number of primary amides is 1. The molecule has 0 aliphatic carbocycles. The van der Waals surface area contributed by atoms with Gasteiger partial charge in [-0.1, -0.05) is 12.1 Å². The molecule has 0 saturated heterocycles. The van der Waals surface area contributed by atoms with Crippen molar-refractivity contribution in [1.29, 1.82) is 5.26 Å². The molecule has 4 nitrogen and oxygen atoms in total. The average Bonchev–Trinajstić information content (AvgIpc) is 2.85. The van der Waals surface area contributed by atoms with E-state index in [1.807, 2.05) is 6.07 Å². The fourth-order valence-electron chi connectivity index (χ4n) is 2.54. The molecule has 0 aliphatic rings. The lowest BCUT2D eigenvalue weighted by Gasteiger charge is -2.09. The normalized spacial score (nSPS) is 10.5. The van der Waals surface area contributed by atoms with Crippen LogP contribution in [0.15, 0.2) is 48.5 Å². The van der Waals surface area contributed by atoms with Crippen LogP contribution in [0.3, 0.4) is 0 Å². The van der Waals surface area contributed by atoms with Crippen molar-refractivity contribution in [2.45, 2.75) is 6.54 Å². The summed E-state index contributed by atoms with van der Waals surface area (Å²) in [6, 6.07) is 15.1. The molecule has 0 fully saturated rings. The Labute approximate surface area is 126 Å². The van der Waals surface area contributed by atoms with Gasteiger partial charge in [0.1, 0.15) is 11.5 Å². The van der Waals surface area contributed by atoms with Gasteiger partial charge in [-0.3, -0.25) is 4.79 Å². The summed E-state index contributed by atoms with van der Waals surface area (Å²) in [6.45, 7) is 0.378. The van der Waals surface area contributed by atoms with Crippen LogP contribution in [0.4, 0.5) is 4.39 Å². The molecular formula is C17H12FN3O. The number of rotatable bonds is 3.